The lowest BCUT2D eigenvalue weighted by Gasteiger charge is -2.20. The molecule has 11 heteroatoms. The molecule has 3 heterocycles. The first-order valence-corrected chi connectivity index (χ1v) is 14.2. The number of carbonyl (C=O) groups is 1. The molecule has 2 fully saturated rings. The van der Waals surface area contributed by atoms with Crippen molar-refractivity contribution in [1.82, 2.24) is 14.7 Å². The van der Waals surface area contributed by atoms with Crippen molar-refractivity contribution < 1.29 is 22.7 Å². The maximum Gasteiger partial charge on any atom is 0.266 e. The van der Waals surface area contributed by atoms with Crippen molar-refractivity contribution in [3.8, 4) is 28.4 Å². The summed E-state index contributed by atoms with van der Waals surface area (Å²) in [6.07, 6.45) is 4.01. The molecule has 0 spiro atoms. The maximum atomic E-state index is 13.3. The molecule has 2 aromatic carbocycles. The maximum absolute atomic E-state index is 13.3. The molecule has 2 aliphatic heterocycles. The van der Waals surface area contributed by atoms with Crippen molar-refractivity contribution in [2.75, 3.05) is 25.7 Å². The Kier molecular flexibility index (Phi) is 6.62. The molecule has 0 aliphatic carbocycles. The Hall–Kier alpha value is -3.15. The summed E-state index contributed by atoms with van der Waals surface area (Å²) in [5.74, 6) is 0.885. The highest BCUT2D eigenvalue weighted by atomic mass is 32.2. The van der Waals surface area contributed by atoms with Crippen molar-refractivity contribution in [3.05, 3.63) is 65.2 Å². The van der Waals surface area contributed by atoms with Crippen molar-refractivity contribution >= 4 is 50.1 Å². The minimum atomic E-state index is -3.16. The summed E-state index contributed by atoms with van der Waals surface area (Å²) in [6, 6.07) is 14.8. The van der Waals surface area contributed by atoms with Crippen molar-refractivity contribution in [1.29, 1.82) is 0 Å². The van der Waals surface area contributed by atoms with Crippen LogP contribution in [0.15, 0.2) is 59.6 Å². The molecule has 0 saturated carbocycles. The number of ether oxygens (including phenoxy) is 2. The summed E-state index contributed by atoms with van der Waals surface area (Å²) in [6.45, 7) is 0. The summed E-state index contributed by atoms with van der Waals surface area (Å²) in [7, 11) is -0.0131. The first-order valence-electron chi connectivity index (χ1n) is 11.1. The Morgan fingerprint density at radius 1 is 1.11 bits per heavy atom. The van der Waals surface area contributed by atoms with Gasteiger partial charge >= 0.3 is 0 Å². The van der Waals surface area contributed by atoms with E-state index in [4.69, 9.17) is 26.8 Å². The third-order valence-corrected chi connectivity index (χ3v) is 9.18. The topological polar surface area (TPSA) is 90.7 Å². The Labute approximate surface area is 218 Å². The summed E-state index contributed by atoms with van der Waals surface area (Å²) < 4.78 is 36.9. The number of thioether (sulfide) groups is 1. The zero-order valence-corrected chi connectivity index (χ0v) is 22.0. The first-order chi connectivity index (χ1) is 17.3. The predicted octanol–water partition coefficient (Wildman–Crippen LogP) is 3.94. The number of carbonyl (C=O) groups excluding carboxylic acids is 1. The third-order valence-electron chi connectivity index (χ3n) is 6.10. The van der Waals surface area contributed by atoms with Gasteiger partial charge in [0.25, 0.3) is 5.91 Å². The quantitative estimate of drug-likeness (QED) is 0.342. The van der Waals surface area contributed by atoms with Gasteiger partial charge in [0.05, 0.1) is 42.4 Å². The van der Waals surface area contributed by atoms with E-state index in [1.54, 1.807) is 31.0 Å². The second kappa shape index (κ2) is 9.72. The number of hydrogen-bond acceptors (Lipinski definition) is 8. The highest BCUT2D eigenvalue weighted by Crippen LogP contribution is 2.39. The van der Waals surface area contributed by atoms with E-state index in [0.29, 0.717) is 38.4 Å². The van der Waals surface area contributed by atoms with Crippen LogP contribution < -0.4 is 9.47 Å². The van der Waals surface area contributed by atoms with Crippen LogP contribution in [0.5, 0.6) is 11.5 Å². The van der Waals surface area contributed by atoms with Crippen molar-refractivity contribution in [3.63, 3.8) is 0 Å². The molecule has 0 N–H and O–H groups in total. The number of thiocarbonyl (C=S) groups is 1. The number of hydrogen-bond donors (Lipinski definition) is 0. The number of rotatable bonds is 6. The van der Waals surface area contributed by atoms with Gasteiger partial charge in [0, 0.05) is 17.3 Å². The predicted molar refractivity (Wildman–Crippen MR) is 144 cm³/mol. The van der Waals surface area contributed by atoms with Crippen LogP contribution in [-0.2, 0) is 14.6 Å². The first kappa shape index (κ1) is 24.5. The van der Waals surface area contributed by atoms with Gasteiger partial charge in [-0.15, -0.1) is 0 Å². The zero-order chi connectivity index (χ0) is 25.4. The van der Waals surface area contributed by atoms with Crippen LogP contribution in [0.1, 0.15) is 12.0 Å². The molecule has 2 aliphatic rings. The lowest BCUT2D eigenvalue weighted by molar-refractivity contribution is -0.123. The Morgan fingerprint density at radius 2 is 1.86 bits per heavy atom. The van der Waals surface area contributed by atoms with Gasteiger partial charge < -0.3 is 9.47 Å². The second-order valence-electron chi connectivity index (χ2n) is 8.39. The molecule has 1 atom stereocenters. The fraction of sp³-hybridized carbons (Fsp3) is 0.240. The fourth-order valence-corrected chi connectivity index (χ4v) is 7.42. The molecule has 1 unspecified atom stereocenters. The summed E-state index contributed by atoms with van der Waals surface area (Å²) in [5.41, 5.74) is 3.01. The van der Waals surface area contributed by atoms with Crippen LogP contribution in [-0.4, -0.2) is 65.1 Å². The number of amides is 1. The Balaban J connectivity index is 1.57. The Morgan fingerprint density at radius 3 is 2.53 bits per heavy atom. The number of aromatic nitrogens is 2. The van der Waals surface area contributed by atoms with Crippen molar-refractivity contribution in [2.24, 2.45) is 0 Å². The van der Waals surface area contributed by atoms with Gasteiger partial charge in [-0.05, 0) is 42.8 Å². The largest absolute Gasteiger partial charge is 0.493 e. The fourth-order valence-electron chi connectivity index (χ4n) is 4.33. The minimum Gasteiger partial charge on any atom is -0.493 e. The number of para-hydroxylation sites is 1. The molecule has 5 rings (SSSR count). The van der Waals surface area contributed by atoms with Gasteiger partial charge in [-0.3, -0.25) is 9.69 Å². The van der Waals surface area contributed by atoms with E-state index in [0.717, 1.165) is 11.3 Å². The molecule has 186 valence electrons. The monoisotopic (exact) mass is 541 g/mol. The highest BCUT2D eigenvalue weighted by molar-refractivity contribution is 8.26. The molecule has 36 heavy (non-hydrogen) atoms. The normalized spacial score (nSPS) is 20.3. The standard InChI is InChI=1S/C25H23N3O5S3/c1-32-20-9-8-16(12-21(20)33-2)23-17(14-27(26-23)18-6-4-3-5-7-18)13-22-24(29)28(25(34)35-22)19-10-11-36(30,31)15-19/h3-9,12-14,19H,10-11,15H2,1-2H3/b22-13-. The van der Waals surface area contributed by atoms with Gasteiger partial charge in [0.1, 0.15) is 10.0 Å². The number of sulfone groups is 1. The van der Waals surface area contributed by atoms with E-state index in [1.165, 1.54) is 16.7 Å². The van der Waals surface area contributed by atoms with Crippen molar-refractivity contribution in [2.45, 2.75) is 12.5 Å². The zero-order valence-electron chi connectivity index (χ0n) is 19.6. The second-order valence-corrected chi connectivity index (χ2v) is 12.3. The molecule has 2 saturated heterocycles. The third kappa shape index (κ3) is 4.65. The Bertz CT molecular complexity index is 1480. The van der Waals surface area contributed by atoms with Gasteiger partial charge in [0.15, 0.2) is 21.3 Å². The van der Waals surface area contributed by atoms with Gasteiger partial charge in [-0.25, -0.2) is 13.1 Å². The van der Waals surface area contributed by atoms with E-state index >= 15 is 0 Å². The molecule has 0 bridgehead atoms. The van der Waals surface area contributed by atoms with Crippen LogP contribution in [0, 0.1) is 0 Å². The van der Waals surface area contributed by atoms with Crippen LogP contribution >= 0.6 is 24.0 Å². The van der Waals surface area contributed by atoms with Gasteiger partial charge in [-0.2, -0.15) is 5.10 Å². The smallest absolute Gasteiger partial charge is 0.266 e. The summed E-state index contributed by atoms with van der Waals surface area (Å²) in [4.78, 5) is 15.2. The van der Waals surface area contributed by atoms with E-state index in [9.17, 15) is 13.2 Å². The molecular formula is C25H23N3O5S3. The van der Waals surface area contributed by atoms with Crippen LogP contribution in [0.2, 0.25) is 0 Å². The number of methoxy groups -OCH3 is 2. The van der Waals surface area contributed by atoms with E-state index in [1.807, 2.05) is 48.7 Å². The van der Waals surface area contributed by atoms with E-state index in [2.05, 4.69) is 0 Å². The molecule has 1 amide bonds. The molecule has 8 nitrogen and oxygen atoms in total. The van der Waals surface area contributed by atoms with E-state index in [-0.39, 0.29) is 17.4 Å². The molecule has 3 aromatic rings. The highest BCUT2D eigenvalue weighted by Gasteiger charge is 2.42. The van der Waals surface area contributed by atoms with Crippen LogP contribution in [0.25, 0.3) is 23.0 Å². The summed E-state index contributed by atoms with van der Waals surface area (Å²) >= 11 is 6.65. The SMILES string of the molecule is COc1ccc(-c2nn(-c3ccccc3)cc2/C=C2\SC(=S)N(C3CCS(=O)(=O)C3)C2=O)cc1OC. The lowest BCUT2D eigenvalue weighted by atomic mass is 10.1. The summed E-state index contributed by atoms with van der Waals surface area (Å²) in [5, 5.41) is 4.81. The average molecular weight is 542 g/mol. The average Bonchev–Trinajstić information content (AvgIpc) is 3.54. The van der Waals surface area contributed by atoms with Gasteiger partial charge in [-0.1, -0.05) is 42.2 Å². The van der Waals surface area contributed by atoms with E-state index < -0.39 is 15.9 Å². The molecule has 0 radical (unpaired) electrons. The molecular weight excluding hydrogens is 518 g/mol. The van der Waals surface area contributed by atoms with Crippen LogP contribution in [0.4, 0.5) is 0 Å². The van der Waals surface area contributed by atoms with Crippen LogP contribution in [0.3, 0.4) is 0 Å². The number of nitrogens with zero attached hydrogens (tertiary/aromatic N) is 3. The minimum absolute atomic E-state index is 0.0600. The van der Waals surface area contributed by atoms with Gasteiger partial charge in [0.2, 0.25) is 0 Å². The molecule has 1 aromatic heterocycles. The lowest BCUT2D eigenvalue weighted by Crippen LogP contribution is -2.39. The number of benzene rings is 2.